The minimum Gasteiger partial charge on any atom is -0.388 e. The van der Waals surface area contributed by atoms with Crippen molar-refractivity contribution in [2.45, 2.75) is 25.8 Å². The number of carbonyl (C=O) groups is 1. The zero-order valence-electron chi connectivity index (χ0n) is 12.4. The molecular weight excluding hydrogens is 260 g/mol. The molecule has 2 aromatic rings. The van der Waals surface area contributed by atoms with Crippen molar-refractivity contribution in [3.8, 4) is 0 Å². The van der Waals surface area contributed by atoms with Gasteiger partial charge in [0.1, 0.15) is 0 Å². The summed E-state index contributed by atoms with van der Waals surface area (Å²) in [6.07, 6.45) is 1.85. The Morgan fingerprint density at radius 1 is 1.10 bits per heavy atom. The van der Waals surface area contributed by atoms with Crippen molar-refractivity contribution in [2.24, 2.45) is 0 Å². The molecule has 0 heterocycles. The van der Waals surface area contributed by atoms with Crippen molar-refractivity contribution in [2.75, 3.05) is 12.4 Å². The molecule has 3 heteroatoms. The zero-order valence-corrected chi connectivity index (χ0v) is 12.4. The summed E-state index contributed by atoms with van der Waals surface area (Å²) < 4.78 is 0. The smallest absolute Gasteiger partial charge is 0.251 e. The van der Waals surface area contributed by atoms with Gasteiger partial charge in [0, 0.05) is 24.3 Å². The van der Waals surface area contributed by atoms with E-state index >= 15 is 0 Å². The highest BCUT2D eigenvalue weighted by molar-refractivity contribution is 5.96. The Hall–Kier alpha value is -2.29. The summed E-state index contributed by atoms with van der Waals surface area (Å²) >= 11 is 0. The maximum atomic E-state index is 12.4. The first-order chi connectivity index (χ1) is 10.2. The Bertz CT molecular complexity index is 654. The normalized spacial score (nSPS) is 13.8. The van der Waals surface area contributed by atoms with Gasteiger partial charge in [-0.05, 0) is 54.7 Å². The molecule has 0 saturated carbocycles. The lowest BCUT2D eigenvalue weighted by Crippen LogP contribution is -2.35. The van der Waals surface area contributed by atoms with Crippen LogP contribution in [0.3, 0.4) is 0 Å². The first-order valence-electron chi connectivity index (χ1n) is 7.33. The fourth-order valence-corrected chi connectivity index (χ4v) is 3.00. The number of fused-ring (bicyclic) bond motifs is 1. The Morgan fingerprint density at radius 3 is 2.33 bits per heavy atom. The van der Waals surface area contributed by atoms with E-state index < -0.39 is 0 Å². The van der Waals surface area contributed by atoms with Crippen LogP contribution in [0.5, 0.6) is 0 Å². The molecule has 21 heavy (non-hydrogen) atoms. The number of aryl methyl sites for hydroxylation is 1. The molecule has 1 amide bonds. The van der Waals surface area contributed by atoms with Crippen LogP contribution in [0, 0.1) is 6.92 Å². The first kappa shape index (κ1) is 13.7. The molecule has 0 aliphatic heterocycles. The fourth-order valence-electron chi connectivity index (χ4n) is 3.00. The third kappa shape index (κ3) is 2.77. The van der Waals surface area contributed by atoms with Crippen LogP contribution in [0.25, 0.3) is 0 Å². The van der Waals surface area contributed by atoms with Gasteiger partial charge in [0.25, 0.3) is 5.91 Å². The number of hydrogen-bond acceptors (Lipinski definition) is 2. The molecule has 3 nitrogen and oxygen atoms in total. The van der Waals surface area contributed by atoms with Crippen molar-refractivity contribution >= 4 is 11.6 Å². The summed E-state index contributed by atoms with van der Waals surface area (Å²) in [5.41, 5.74) is 5.48. The monoisotopic (exact) mass is 280 g/mol. The lowest BCUT2D eigenvalue weighted by molar-refractivity contribution is 0.0938. The number of nitrogens with one attached hydrogen (secondary N) is 2. The summed E-state index contributed by atoms with van der Waals surface area (Å²) in [5, 5.41) is 6.25. The van der Waals surface area contributed by atoms with Crippen LogP contribution in [0.2, 0.25) is 0 Å². The molecule has 0 radical (unpaired) electrons. The van der Waals surface area contributed by atoms with Crippen molar-refractivity contribution in [3.63, 3.8) is 0 Å². The molecule has 108 valence electrons. The summed E-state index contributed by atoms with van der Waals surface area (Å²) in [6.45, 7) is 1.97. The predicted molar refractivity (Wildman–Crippen MR) is 85.8 cm³/mol. The second kappa shape index (κ2) is 5.60. The molecule has 0 aromatic heterocycles. The highest BCUT2D eigenvalue weighted by atomic mass is 16.1. The molecular formula is C18H20N2O. The van der Waals surface area contributed by atoms with Crippen LogP contribution in [0.4, 0.5) is 5.69 Å². The van der Waals surface area contributed by atoms with Crippen molar-refractivity contribution < 1.29 is 4.79 Å². The Labute approximate surface area is 125 Å². The number of rotatable bonds is 3. The van der Waals surface area contributed by atoms with Crippen LogP contribution in [-0.2, 0) is 12.8 Å². The van der Waals surface area contributed by atoms with E-state index in [0.29, 0.717) is 0 Å². The molecule has 0 fully saturated rings. The largest absolute Gasteiger partial charge is 0.388 e. The Morgan fingerprint density at radius 2 is 1.76 bits per heavy atom. The highest BCUT2D eigenvalue weighted by Crippen LogP contribution is 2.22. The van der Waals surface area contributed by atoms with E-state index in [0.717, 1.165) is 29.7 Å². The molecule has 2 N–H and O–H groups in total. The second-order valence-corrected chi connectivity index (χ2v) is 5.63. The minimum atomic E-state index is 0.0213. The number of anilines is 1. The molecule has 0 atom stereocenters. The number of amides is 1. The van der Waals surface area contributed by atoms with Crippen LogP contribution < -0.4 is 10.6 Å². The van der Waals surface area contributed by atoms with Crippen LogP contribution in [-0.4, -0.2) is 19.0 Å². The zero-order chi connectivity index (χ0) is 14.8. The average Bonchev–Trinajstić information content (AvgIpc) is 2.88. The van der Waals surface area contributed by atoms with Crippen LogP contribution >= 0.6 is 0 Å². The third-order valence-corrected chi connectivity index (χ3v) is 4.15. The topological polar surface area (TPSA) is 41.1 Å². The van der Waals surface area contributed by atoms with Gasteiger partial charge in [-0.3, -0.25) is 4.79 Å². The van der Waals surface area contributed by atoms with E-state index in [1.165, 1.54) is 11.1 Å². The molecule has 0 spiro atoms. The SMILES string of the molecule is CNc1ccc(C(=O)NC2Cc3ccccc3C2)c(C)c1. The number of benzene rings is 2. The predicted octanol–water partition coefficient (Wildman–Crippen LogP) is 2.93. The quantitative estimate of drug-likeness (QED) is 0.907. The lowest BCUT2D eigenvalue weighted by atomic mass is 10.1. The van der Waals surface area contributed by atoms with E-state index in [9.17, 15) is 4.79 Å². The third-order valence-electron chi connectivity index (χ3n) is 4.15. The standard InChI is InChI=1S/C18H20N2O/c1-12-9-15(19-2)7-8-17(12)18(21)20-16-10-13-5-3-4-6-14(13)11-16/h3-9,16,19H,10-11H2,1-2H3,(H,20,21). The maximum Gasteiger partial charge on any atom is 0.251 e. The van der Waals surface area contributed by atoms with E-state index in [1.54, 1.807) is 0 Å². The van der Waals surface area contributed by atoms with E-state index in [4.69, 9.17) is 0 Å². The van der Waals surface area contributed by atoms with Crippen LogP contribution in [0.15, 0.2) is 42.5 Å². The summed E-state index contributed by atoms with van der Waals surface area (Å²) in [4.78, 5) is 12.4. The molecule has 0 unspecified atom stereocenters. The molecule has 1 aliphatic carbocycles. The van der Waals surface area contributed by atoms with Gasteiger partial charge in [-0.2, -0.15) is 0 Å². The van der Waals surface area contributed by atoms with Gasteiger partial charge in [-0.25, -0.2) is 0 Å². The van der Waals surface area contributed by atoms with E-state index in [-0.39, 0.29) is 11.9 Å². The van der Waals surface area contributed by atoms with E-state index in [1.807, 2.05) is 32.2 Å². The van der Waals surface area contributed by atoms with Crippen molar-refractivity contribution in [1.82, 2.24) is 5.32 Å². The molecule has 2 aromatic carbocycles. The van der Waals surface area contributed by atoms with Gasteiger partial charge in [0.05, 0.1) is 0 Å². The summed E-state index contributed by atoms with van der Waals surface area (Å²) in [5.74, 6) is 0.0213. The van der Waals surface area contributed by atoms with Gasteiger partial charge in [0.2, 0.25) is 0 Å². The summed E-state index contributed by atoms with van der Waals surface area (Å²) in [6, 6.07) is 14.4. The molecule has 0 saturated heterocycles. The maximum absolute atomic E-state index is 12.4. The lowest BCUT2D eigenvalue weighted by Gasteiger charge is -2.14. The number of hydrogen-bond donors (Lipinski definition) is 2. The number of carbonyl (C=O) groups excluding carboxylic acids is 1. The van der Waals surface area contributed by atoms with Crippen molar-refractivity contribution in [1.29, 1.82) is 0 Å². The Kier molecular flexibility index (Phi) is 3.65. The second-order valence-electron chi connectivity index (χ2n) is 5.63. The molecule has 3 rings (SSSR count). The Balaban J connectivity index is 1.71. The van der Waals surface area contributed by atoms with Gasteiger partial charge in [-0.1, -0.05) is 24.3 Å². The highest BCUT2D eigenvalue weighted by Gasteiger charge is 2.23. The first-order valence-corrected chi connectivity index (χ1v) is 7.33. The fraction of sp³-hybridized carbons (Fsp3) is 0.278. The van der Waals surface area contributed by atoms with Gasteiger partial charge >= 0.3 is 0 Å². The van der Waals surface area contributed by atoms with Crippen LogP contribution in [0.1, 0.15) is 27.0 Å². The van der Waals surface area contributed by atoms with Gasteiger partial charge < -0.3 is 10.6 Å². The molecule has 1 aliphatic rings. The van der Waals surface area contributed by atoms with Gasteiger partial charge in [0.15, 0.2) is 0 Å². The van der Waals surface area contributed by atoms with Gasteiger partial charge in [-0.15, -0.1) is 0 Å². The minimum absolute atomic E-state index is 0.0213. The average molecular weight is 280 g/mol. The van der Waals surface area contributed by atoms with E-state index in [2.05, 4.69) is 34.9 Å². The van der Waals surface area contributed by atoms with Crippen molar-refractivity contribution in [3.05, 3.63) is 64.7 Å². The molecule has 0 bridgehead atoms. The summed E-state index contributed by atoms with van der Waals surface area (Å²) in [7, 11) is 1.88.